The lowest BCUT2D eigenvalue weighted by molar-refractivity contribution is -1.63. The number of rotatable bonds is 2. The molecule has 2 rings (SSSR count). The Bertz CT molecular complexity index is 481. The summed E-state index contributed by atoms with van der Waals surface area (Å²) in [6.45, 7) is 0. The molecule has 106 valence electrons. The van der Waals surface area contributed by atoms with Crippen molar-refractivity contribution in [2.24, 2.45) is 5.73 Å². The molecule has 0 fully saturated rings. The number of benzene rings is 2. The molecule has 20 heavy (non-hydrogen) atoms. The monoisotopic (exact) mass is 339 g/mol. The fourth-order valence-electron chi connectivity index (χ4n) is 1.58. The number of nitrogens with zero attached hydrogens (tertiary/aromatic N) is 1. The van der Waals surface area contributed by atoms with Gasteiger partial charge in [0.1, 0.15) is 0 Å². The molecular formula is C13H14BrN3O3. The lowest BCUT2D eigenvalue weighted by Crippen LogP contribution is -2.32. The van der Waals surface area contributed by atoms with Crippen LogP contribution in [0.5, 0.6) is 0 Å². The van der Waals surface area contributed by atoms with Crippen LogP contribution in [0.25, 0.3) is 0 Å². The van der Waals surface area contributed by atoms with E-state index in [2.05, 4.69) is 0 Å². The van der Waals surface area contributed by atoms with Crippen LogP contribution in [0.15, 0.2) is 60.7 Å². The number of hydrogen-bond acceptors (Lipinski definition) is 4. The van der Waals surface area contributed by atoms with Crippen LogP contribution in [0.2, 0.25) is 0 Å². The summed E-state index contributed by atoms with van der Waals surface area (Å²) in [4.78, 5) is 1.69. The van der Waals surface area contributed by atoms with Crippen LogP contribution in [-0.2, 0) is 0 Å². The second-order valence-electron chi connectivity index (χ2n) is 3.59. The Morgan fingerprint density at radius 2 is 1.25 bits per heavy atom. The highest BCUT2D eigenvalue weighted by molar-refractivity contribution is 5.99. The molecule has 0 aliphatic rings. The van der Waals surface area contributed by atoms with Crippen molar-refractivity contribution in [2.45, 2.75) is 0 Å². The van der Waals surface area contributed by atoms with E-state index in [4.69, 9.17) is 23.7 Å². The largest absolute Gasteiger partial charge is 0.433 e. The Morgan fingerprint density at radius 3 is 1.50 bits per heavy atom. The number of anilines is 2. The minimum Gasteiger partial charge on any atom is -0.372 e. The molecule has 0 heterocycles. The van der Waals surface area contributed by atoms with Crippen molar-refractivity contribution in [3.05, 3.63) is 60.7 Å². The minimum atomic E-state index is -3.40. The number of halogens is 1. The van der Waals surface area contributed by atoms with Gasteiger partial charge in [0.05, 0.1) is 0 Å². The molecular weight excluding hydrogens is 326 g/mol. The summed E-state index contributed by atoms with van der Waals surface area (Å²) < 4.78 is 24.3. The first kappa shape index (κ1) is 16.1. The maximum atomic E-state index is 8.63. The Morgan fingerprint density at radius 1 is 0.950 bits per heavy atom. The van der Waals surface area contributed by atoms with E-state index in [-0.39, 0.29) is 5.96 Å². The standard InChI is InChI=1S/C13H13N3.BrHO3/c14-13(15)16(11-7-3-1-4-8-11)12-9-5-2-6-10-12;2-1(3)4/h1-10H,(H3,14,15);2H. The molecule has 0 aromatic heterocycles. The molecule has 0 saturated carbocycles. The smallest absolute Gasteiger partial charge is 0.372 e. The predicted octanol–water partition coefficient (Wildman–Crippen LogP) is -0.217. The summed E-state index contributed by atoms with van der Waals surface area (Å²) in [6, 6.07) is 19.3. The van der Waals surface area contributed by atoms with E-state index >= 15 is 0 Å². The molecule has 0 bridgehead atoms. The number of nitrogens with one attached hydrogen (secondary N) is 1. The van der Waals surface area contributed by atoms with Crippen molar-refractivity contribution in [1.82, 2.24) is 0 Å². The molecule has 4 N–H and O–H groups in total. The summed E-state index contributed by atoms with van der Waals surface area (Å²) >= 11 is -3.40. The zero-order valence-corrected chi connectivity index (χ0v) is 12.0. The van der Waals surface area contributed by atoms with Crippen molar-refractivity contribution in [1.29, 1.82) is 5.41 Å². The molecule has 0 aliphatic carbocycles. The Hall–Kier alpha value is -1.93. The summed E-state index contributed by atoms with van der Waals surface area (Å²) in [5.74, 6) is 0.0115. The van der Waals surface area contributed by atoms with Gasteiger partial charge >= 0.3 is 14.8 Å². The summed E-state index contributed by atoms with van der Waals surface area (Å²) in [7, 11) is 0. The maximum absolute atomic E-state index is 8.63. The lowest BCUT2D eigenvalue weighted by atomic mass is 10.2. The minimum absolute atomic E-state index is 0.0115. The molecule has 0 amide bonds. The van der Waals surface area contributed by atoms with Gasteiger partial charge in [-0.05, 0) is 28.5 Å². The van der Waals surface area contributed by atoms with Crippen LogP contribution >= 0.6 is 0 Å². The first-order valence-electron chi connectivity index (χ1n) is 5.51. The van der Waals surface area contributed by atoms with Gasteiger partial charge in [-0.1, -0.05) is 36.4 Å². The normalized spacial score (nSPS) is 9.60. The van der Waals surface area contributed by atoms with Crippen LogP contribution in [-0.4, -0.2) is 10.2 Å². The van der Waals surface area contributed by atoms with Gasteiger partial charge in [0.2, 0.25) is 0 Å². The molecule has 2 aromatic rings. The zero-order valence-electron chi connectivity index (χ0n) is 10.4. The highest BCUT2D eigenvalue weighted by Crippen LogP contribution is 2.23. The van der Waals surface area contributed by atoms with Gasteiger partial charge in [-0.25, -0.2) is 0 Å². The first-order chi connectivity index (χ1) is 9.52. The second-order valence-corrected chi connectivity index (χ2v) is 4.44. The van der Waals surface area contributed by atoms with Gasteiger partial charge in [-0.2, -0.15) is 0 Å². The Balaban J connectivity index is 0.000000444. The highest BCUT2D eigenvalue weighted by Gasteiger charge is 2.10. The van der Waals surface area contributed by atoms with E-state index in [0.717, 1.165) is 11.4 Å². The van der Waals surface area contributed by atoms with Gasteiger partial charge in [0, 0.05) is 11.4 Å². The molecule has 2 aromatic carbocycles. The first-order valence-corrected chi connectivity index (χ1v) is 7.51. The zero-order chi connectivity index (χ0) is 15.0. The second kappa shape index (κ2) is 8.28. The van der Waals surface area contributed by atoms with Crippen molar-refractivity contribution in [2.75, 3.05) is 4.90 Å². The quantitative estimate of drug-likeness (QED) is 0.516. The Labute approximate surface area is 122 Å². The average Bonchev–Trinajstić information content (AvgIpc) is 2.40. The van der Waals surface area contributed by atoms with Gasteiger partial charge in [0.15, 0.2) is 5.96 Å². The van der Waals surface area contributed by atoms with Gasteiger partial charge in [0.25, 0.3) is 0 Å². The van der Waals surface area contributed by atoms with Crippen molar-refractivity contribution >= 4 is 17.3 Å². The summed E-state index contributed by atoms with van der Waals surface area (Å²) in [5, 5.41) is 7.63. The summed E-state index contributed by atoms with van der Waals surface area (Å²) in [5.41, 5.74) is 7.39. The highest BCUT2D eigenvalue weighted by atomic mass is 80.0. The number of nitrogens with two attached hydrogens (primary N) is 1. The molecule has 0 radical (unpaired) electrons. The Kier molecular flexibility index (Phi) is 6.68. The van der Waals surface area contributed by atoms with E-state index in [1.807, 2.05) is 60.7 Å². The van der Waals surface area contributed by atoms with E-state index in [1.165, 1.54) is 0 Å². The van der Waals surface area contributed by atoms with Crippen molar-refractivity contribution < 1.29 is 27.4 Å². The third-order valence-corrected chi connectivity index (χ3v) is 2.27. The van der Waals surface area contributed by atoms with Gasteiger partial charge < -0.3 is 14.1 Å². The third kappa shape index (κ3) is 5.37. The van der Waals surface area contributed by atoms with Crippen LogP contribution in [0, 0.1) is 20.2 Å². The third-order valence-electron chi connectivity index (χ3n) is 2.27. The molecule has 6 nitrogen and oxygen atoms in total. The van der Waals surface area contributed by atoms with Crippen LogP contribution in [0.4, 0.5) is 11.4 Å². The lowest BCUT2D eigenvalue weighted by Gasteiger charge is -2.22. The van der Waals surface area contributed by atoms with Crippen LogP contribution in [0.3, 0.4) is 0 Å². The number of guanidine groups is 1. The van der Waals surface area contributed by atoms with E-state index in [1.54, 1.807) is 4.90 Å². The molecule has 7 heteroatoms. The topological polar surface area (TPSA) is 119 Å². The van der Waals surface area contributed by atoms with E-state index in [9.17, 15) is 0 Å². The van der Waals surface area contributed by atoms with Crippen LogP contribution in [0.1, 0.15) is 0 Å². The van der Waals surface area contributed by atoms with E-state index < -0.39 is 14.8 Å². The van der Waals surface area contributed by atoms with Crippen molar-refractivity contribution in [3.63, 3.8) is 0 Å². The fourth-order valence-corrected chi connectivity index (χ4v) is 1.58. The molecule has 0 saturated heterocycles. The molecule has 0 atom stereocenters. The van der Waals surface area contributed by atoms with Crippen LogP contribution < -0.4 is 19.0 Å². The van der Waals surface area contributed by atoms with Gasteiger partial charge in [-0.3, -0.25) is 10.3 Å². The molecule has 0 aliphatic heterocycles. The predicted molar refractivity (Wildman–Crippen MR) is 69.2 cm³/mol. The summed E-state index contributed by atoms with van der Waals surface area (Å²) in [6.07, 6.45) is 0. The number of para-hydroxylation sites is 2. The SMILES string of the molecule is N=C(N)N(c1ccccc1)c1ccccc1.[O-][Br+2]([O-])O. The molecule has 0 unspecified atom stereocenters. The fraction of sp³-hybridized carbons (Fsp3) is 0. The van der Waals surface area contributed by atoms with Crippen molar-refractivity contribution in [3.8, 4) is 0 Å². The molecule has 0 spiro atoms. The van der Waals surface area contributed by atoms with E-state index in [0.29, 0.717) is 0 Å². The average molecular weight is 340 g/mol. The maximum Gasteiger partial charge on any atom is 0.433 e. The van der Waals surface area contributed by atoms with Gasteiger partial charge in [-0.15, -0.1) is 0 Å². The number of hydrogen-bond donors (Lipinski definition) is 3.